The Morgan fingerprint density at radius 2 is 2.08 bits per heavy atom. The number of methoxy groups -OCH3 is 1. The minimum absolute atomic E-state index is 0.129. The van der Waals surface area contributed by atoms with E-state index in [9.17, 15) is 14.4 Å². The quantitative estimate of drug-likeness (QED) is 0.792. The van der Waals surface area contributed by atoms with Crippen molar-refractivity contribution >= 4 is 17.8 Å². The first kappa shape index (κ1) is 17.5. The average molecular weight is 344 g/mol. The van der Waals surface area contributed by atoms with Crippen LogP contribution < -0.4 is 10.6 Å². The number of carbonyl (C=O) groups is 3. The van der Waals surface area contributed by atoms with E-state index in [1.807, 2.05) is 12.1 Å². The lowest BCUT2D eigenvalue weighted by atomic mass is 9.79. The van der Waals surface area contributed by atoms with E-state index >= 15 is 0 Å². The monoisotopic (exact) mass is 344 g/mol. The van der Waals surface area contributed by atoms with E-state index in [2.05, 4.69) is 22.8 Å². The third-order valence-corrected chi connectivity index (χ3v) is 5.13. The molecule has 25 heavy (non-hydrogen) atoms. The molecule has 6 heteroatoms. The van der Waals surface area contributed by atoms with Crippen LogP contribution in [0.5, 0.6) is 0 Å². The highest BCUT2D eigenvalue weighted by Crippen LogP contribution is 2.34. The molecule has 1 fully saturated rings. The van der Waals surface area contributed by atoms with E-state index < -0.39 is 18.1 Å². The first-order chi connectivity index (χ1) is 12.1. The number of benzene rings is 1. The van der Waals surface area contributed by atoms with Crippen LogP contribution >= 0.6 is 0 Å². The van der Waals surface area contributed by atoms with Crippen LogP contribution in [0.3, 0.4) is 0 Å². The lowest BCUT2D eigenvalue weighted by Gasteiger charge is -2.29. The molecule has 1 aliphatic heterocycles. The Bertz CT molecular complexity index is 673. The van der Waals surface area contributed by atoms with Gasteiger partial charge in [-0.15, -0.1) is 0 Å². The van der Waals surface area contributed by atoms with Gasteiger partial charge in [0, 0.05) is 6.42 Å². The van der Waals surface area contributed by atoms with Crippen molar-refractivity contribution in [3.8, 4) is 0 Å². The fourth-order valence-electron chi connectivity index (χ4n) is 3.82. The molecule has 1 aliphatic carbocycles. The molecule has 2 amide bonds. The number of carbonyl (C=O) groups excluding carboxylic acids is 3. The summed E-state index contributed by atoms with van der Waals surface area (Å²) in [5.41, 5.74) is 2.57. The lowest BCUT2D eigenvalue weighted by molar-refractivity contribution is -0.145. The van der Waals surface area contributed by atoms with Crippen LogP contribution in [-0.4, -0.2) is 37.0 Å². The summed E-state index contributed by atoms with van der Waals surface area (Å²) in [5, 5.41) is 5.41. The number of aryl methyl sites for hydroxylation is 1. The van der Waals surface area contributed by atoms with Gasteiger partial charge in [0.25, 0.3) is 0 Å². The van der Waals surface area contributed by atoms with Crippen molar-refractivity contribution in [3.63, 3.8) is 0 Å². The zero-order valence-corrected chi connectivity index (χ0v) is 14.4. The second-order valence-electron chi connectivity index (χ2n) is 6.77. The van der Waals surface area contributed by atoms with Gasteiger partial charge in [0.1, 0.15) is 12.1 Å². The second kappa shape index (κ2) is 7.68. The molecule has 1 heterocycles. The summed E-state index contributed by atoms with van der Waals surface area (Å²) in [5.74, 6) is -0.672. The predicted molar refractivity (Wildman–Crippen MR) is 91.8 cm³/mol. The maximum atomic E-state index is 12.4. The molecular formula is C19H24N2O4. The zero-order chi connectivity index (χ0) is 17.8. The maximum absolute atomic E-state index is 12.4. The first-order valence-electron chi connectivity index (χ1n) is 8.84. The lowest BCUT2D eigenvalue weighted by Crippen LogP contribution is -2.49. The number of nitrogens with one attached hydrogen (secondary N) is 2. The van der Waals surface area contributed by atoms with Gasteiger partial charge in [-0.2, -0.15) is 0 Å². The predicted octanol–water partition coefficient (Wildman–Crippen LogP) is 1.43. The molecule has 1 saturated heterocycles. The van der Waals surface area contributed by atoms with E-state index in [4.69, 9.17) is 4.74 Å². The van der Waals surface area contributed by atoms with Gasteiger partial charge in [-0.05, 0) is 49.1 Å². The van der Waals surface area contributed by atoms with Crippen molar-refractivity contribution in [2.24, 2.45) is 0 Å². The number of hydrogen-bond donors (Lipinski definition) is 2. The molecule has 0 aromatic heterocycles. The normalized spacial score (nSPS) is 23.3. The van der Waals surface area contributed by atoms with Crippen molar-refractivity contribution in [2.75, 3.05) is 7.11 Å². The molecule has 6 nitrogen and oxygen atoms in total. The highest BCUT2D eigenvalue weighted by molar-refractivity contribution is 5.93. The number of esters is 1. The fraction of sp³-hybridized carbons (Fsp3) is 0.526. The standard InChI is InChI=1S/C19H24N2O4/c1-25-19(24)16(21-18(23)15-9-10-17(22)20-15)11-13-7-4-6-12-5-2-3-8-14(12)13/h2-3,5,8,13,15-16H,4,6-7,9-11H2,1H3,(H,20,22)(H,21,23)/t13?,15-,16?/m1/s1. The average Bonchev–Trinajstić information content (AvgIpc) is 3.07. The molecular weight excluding hydrogens is 320 g/mol. The van der Waals surface area contributed by atoms with Gasteiger partial charge in [-0.3, -0.25) is 9.59 Å². The van der Waals surface area contributed by atoms with Crippen molar-refractivity contribution in [1.82, 2.24) is 10.6 Å². The molecule has 2 N–H and O–H groups in total. The first-order valence-corrected chi connectivity index (χ1v) is 8.84. The van der Waals surface area contributed by atoms with E-state index in [0.29, 0.717) is 19.3 Å². The summed E-state index contributed by atoms with van der Waals surface area (Å²) in [4.78, 5) is 35.9. The molecule has 2 aliphatic rings. The van der Waals surface area contributed by atoms with Crippen LogP contribution in [0.25, 0.3) is 0 Å². The van der Waals surface area contributed by atoms with Crippen LogP contribution in [-0.2, 0) is 25.5 Å². The van der Waals surface area contributed by atoms with E-state index in [-0.39, 0.29) is 17.7 Å². The number of rotatable bonds is 5. The van der Waals surface area contributed by atoms with Crippen LogP contribution in [0.1, 0.15) is 49.1 Å². The Labute approximate surface area is 147 Å². The van der Waals surface area contributed by atoms with Crippen molar-refractivity contribution < 1.29 is 19.1 Å². The maximum Gasteiger partial charge on any atom is 0.328 e. The Hall–Kier alpha value is -2.37. The van der Waals surface area contributed by atoms with Crippen LogP contribution in [0.4, 0.5) is 0 Å². The SMILES string of the molecule is COC(=O)C(CC1CCCc2ccccc21)NC(=O)[C@H]1CCC(=O)N1. The molecule has 2 unspecified atom stereocenters. The van der Waals surface area contributed by atoms with Crippen molar-refractivity contribution in [3.05, 3.63) is 35.4 Å². The molecule has 0 spiro atoms. The summed E-state index contributed by atoms with van der Waals surface area (Å²) in [6.07, 6.45) is 4.43. The fourth-order valence-corrected chi connectivity index (χ4v) is 3.82. The van der Waals surface area contributed by atoms with Gasteiger partial charge in [-0.25, -0.2) is 4.79 Å². The molecule has 134 valence electrons. The van der Waals surface area contributed by atoms with E-state index in [1.54, 1.807) is 0 Å². The number of hydrogen-bond acceptors (Lipinski definition) is 4. The Morgan fingerprint density at radius 1 is 1.28 bits per heavy atom. The van der Waals surface area contributed by atoms with Crippen LogP contribution in [0.2, 0.25) is 0 Å². The van der Waals surface area contributed by atoms with Crippen LogP contribution in [0.15, 0.2) is 24.3 Å². The highest BCUT2D eigenvalue weighted by atomic mass is 16.5. The molecule has 3 rings (SSSR count). The highest BCUT2D eigenvalue weighted by Gasteiger charge is 2.33. The smallest absolute Gasteiger partial charge is 0.328 e. The minimum Gasteiger partial charge on any atom is -0.467 e. The Kier molecular flexibility index (Phi) is 5.36. The topological polar surface area (TPSA) is 84.5 Å². The molecule has 1 aromatic rings. The van der Waals surface area contributed by atoms with Gasteiger partial charge in [-0.1, -0.05) is 24.3 Å². The van der Waals surface area contributed by atoms with E-state index in [0.717, 1.165) is 19.3 Å². The number of ether oxygens (including phenoxy) is 1. The number of amides is 2. The molecule has 0 saturated carbocycles. The van der Waals surface area contributed by atoms with Crippen LogP contribution in [0, 0.1) is 0 Å². The molecule has 0 bridgehead atoms. The molecule has 1 aromatic carbocycles. The van der Waals surface area contributed by atoms with Gasteiger partial charge < -0.3 is 15.4 Å². The third kappa shape index (κ3) is 4.00. The van der Waals surface area contributed by atoms with Crippen molar-refractivity contribution in [1.29, 1.82) is 0 Å². The van der Waals surface area contributed by atoms with Gasteiger partial charge in [0.2, 0.25) is 11.8 Å². The van der Waals surface area contributed by atoms with E-state index in [1.165, 1.54) is 18.2 Å². The minimum atomic E-state index is -0.703. The second-order valence-corrected chi connectivity index (χ2v) is 6.77. The summed E-state index contributed by atoms with van der Waals surface area (Å²) < 4.78 is 4.89. The Balaban J connectivity index is 1.70. The van der Waals surface area contributed by atoms with Crippen molar-refractivity contribution in [2.45, 2.75) is 56.5 Å². The summed E-state index contributed by atoms with van der Waals surface area (Å²) in [6.45, 7) is 0. The largest absolute Gasteiger partial charge is 0.467 e. The zero-order valence-electron chi connectivity index (χ0n) is 14.4. The summed E-state index contributed by atoms with van der Waals surface area (Å²) >= 11 is 0. The summed E-state index contributed by atoms with van der Waals surface area (Å²) in [7, 11) is 1.33. The molecule has 3 atom stereocenters. The van der Waals surface area contributed by atoms with Gasteiger partial charge in [0.15, 0.2) is 0 Å². The molecule has 0 radical (unpaired) electrons. The summed E-state index contributed by atoms with van der Waals surface area (Å²) in [6, 6.07) is 7.01. The Morgan fingerprint density at radius 3 is 2.80 bits per heavy atom. The van der Waals surface area contributed by atoms with Gasteiger partial charge in [0.05, 0.1) is 7.11 Å². The third-order valence-electron chi connectivity index (χ3n) is 5.13. The number of fused-ring (bicyclic) bond motifs is 1. The van der Waals surface area contributed by atoms with Gasteiger partial charge >= 0.3 is 5.97 Å².